The molecule has 1 amide bonds. The van der Waals surface area contributed by atoms with Crippen molar-refractivity contribution >= 4 is 13.0 Å². The molecule has 4 nitrogen and oxygen atoms in total. The van der Waals surface area contributed by atoms with Crippen LogP contribution in [0.5, 0.6) is 0 Å². The third-order valence-corrected chi connectivity index (χ3v) is 8.18. The van der Waals surface area contributed by atoms with Gasteiger partial charge in [-0.3, -0.25) is 4.79 Å². The summed E-state index contributed by atoms with van der Waals surface area (Å²) >= 11 is 0. The number of hydrogen-bond donors (Lipinski definition) is 1. The highest BCUT2D eigenvalue weighted by molar-refractivity contribution is 6.47. The van der Waals surface area contributed by atoms with Crippen LogP contribution in [0.1, 0.15) is 72.3 Å². The maximum absolute atomic E-state index is 12.8. The van der Waals surface area contributed by atoms with Crippen LogP contribution in [0, 0.1) is 23.2 Å². The summed E-state index contributed by atoms with van der Waals surface area (Å²) in [6.45, 7) is 11.5. The average Bonchev–Trinajstić information content (AvgIpc) is 3.07. The van der Waals surface area contributed by atoms with E-state index in [0.29, 0.717) is 23.7 Å². The Kier molecular flexibility index (Phi) is 6.06. The first kappa shape index (κ1) is 21.9. The normalized spacial score (nSPS) is 32.5. The molecule has 1 aliphatic heterocycles. The van der Waals surface area contributed by atoms with E-state index >= 15 is 0 Å². The highest BCUT2D eigenvalue weighted by Crippen LogP contribution is 2.65. The van der Waals surface area contributed by atoms with Gasteiger partial charge < -0.3 is 14.6 Å². The summed E-state index contributed by atoms with van der Waals surface area (Å²) < 4.78 is 13.1. The van der Waals surface area contributed by atoms with E-state index in [-0.39, 0.29) is 30.7 Å². The van der Waals surface area contributed by atoms with Crippen LogP contribution < -0.4 is 5.32 Å². The monoisotopic (exact) mass is 411 g/mol. The molecular formula is C25H38BNO3. The molecule has 3 saturated carbocycles. The Balaban J connectivity index is 1.40. The molecule has 164 valence electrons. The molecule has 4 fully saturated rings. The molecule has 30 heavy (non-hydrogen) atoms. The van der Waals surface area contributed by atoms with Crippen LogP contribution >= 0.6 is 0 Å². The zero-order chi connectivity index (χ0) is 21.5. The van der Waals surface area contributed by atoms with Crippen LogP contribution in [0.25, 0.3) is 0 Å². The van der Waals surface area contributed by atoms with Gasteiger partial charge >= 0.3 is 7.12 Å². The molecule has 4 aliphatic rings. The van der Waals surface area contributed by atoms with Crippen molar-refractivity contribution in [2.45, 2.75) is 90.8 Å². The van der Waals surface area contributed by atoms with Crippen molar-refractivity contribution in [1.82, 2.24) is 5.32 Å². The Morgan fingerprint density at radius 1 is 1.17 bits per heavy atom. The lowest BCUT2D eigenvalue weighted by molar-refractivity contribution is -0.199. The number of carbonyl (C=O) groups is 1. The third-order valence-electron chi connectivity index (χ3n) is 8.18. The van der Waals surface area contributed by atoms with Gasteiger partial charge in [0, 0.05) is 6.42 Å². The Morgan fingerprint density at radius 2 is 1.90 bits per heavy atom. The molecule has 0 radical (unpaired) electrons. The topological polar surface area (TPSA) is 47.6 Å². The van der Waals surface area contributed by atoms with Crippen molar-refractivity contribution in [3.63, 3.8) is 0 Å². The fourth-order valence-electron chi connectivity index (χ4n) is 6.04. The summed E-state index contributed by atoms with van der Waals surface area (Å²) in [5.41, 5.74) is 1.30. The number of rotatable bonds is 8. The minimum Gasteiger partial charge on any atom is -0.404 e. The van der Waals surface area contributed by atoms with E-state index < -0.39 is 0 Å². The first-order valence-corrected chi connectivity index (χ1v) is 11.9. The molecule has 1 N–H and O–H groups in total. The van der Waals surface area contributed by atoms with Crippen LogP contribution in [0.15, 0.2) is 30.3 Å². The largest absolute Gasteiger partial charge is 0.481 e. The van der Waals surface area contributed by atoms with Gasteiger partial charge in [-0.1, -0.05) is 58.0 Å². The van der Waals surface area contributed by atoms with Gasteiger partial charge in [0.25, 0.3) is 0 Å². The van der Waals surface area contributed by atoms with Crippen molar-refractivity contribution in [3.8, 4) is 0 Å². The molecule has 5 heteroatoms. The Hall–Kier alpha value is -1.33. The Labute approximate surface area is 182 Å². The molecule has 5 atom stereocenters. The van der Waals surface area contributed by atoms with Gasteiger partial charge in [-0.05, 0) is 67.8 Å². The van der Waals surface area contributed by atoms with Gasteiger partial charge in [0.1, 0.15) is 0 Å². The standard InChI is InChI=1S/C25H38BNO3/c1-17(2)11-13-22(27-23(28)14-12-18-9-7-6-8-10-18)26-29-21-16-19-15-20(24(19,3)4)25(21,5)30-26/h6-10,17,19-22H,11-16H2,1-5H3,(H,27,28). The second kappa shape index (κ2) is 8.31. The highest BCUT2D eigenvalue weighted by atomic mass is 16.7. The number of amides is 1. The average molecular weight is 411 g/mol. The zero-order valence-electron chi connectivity index (χ0n) is 19.3. The van der Waals surface area contributed by atoms with Gasteiger partial charge in [0.2, 0.25) is 5.91 Å². The molecule has 0 aromatic heterocycles. The fraction of sp³-hybridized carbons (Fsp3) is 0.720. The summed E-state index contributed by atoms with van der Waals surface area (Å²) in [4.78, 5) is 12.8. The Morgan fingerprint density at radius 3 is 2.57 bits per heavy atom. The molecule has 1 heterocycles. The summed E-state index contributed by atoms with van der Waals surface area (Å²) in [5, 5.41) is 3.27. The number of nitrogens with one attached hydrogen (secondary N) is 1. The number of benzene rings is 1. The van der Waals surface area contributed by atoms with E-state index in [4.69, 9.17) is 9.31 Å². The van der Waals surface area contributed by atoms with Gasteiger partial charge in [-0.15, -0.1) is 0 Å². The van der Waals surface area contributed by atoms with Crippen LogP contribution in [-0.4, -0.2) is 30.7 Å². The third kappa shape index (κ3) is 4.08. The SMILES string of the molecule is CC(C)CCC(NC(=O)CCc1ccccc1)B1OC2CC3CC(C3(C)C)C2(C)O1. The van der Waals surface area contributed by atoms with E-state index in [0.717, 1.165) is 31.6 Å². The van der Waals surface area contributed by atoms with Crippen molar-refractivity contribution < 1.29 is 14.1 Å². The van der Waals surface area contributed by atoms with Crippen molar-refractivity contribution in [3.05, 3.63) is 35.9 Å². The summed E-state index contributed by atoms with van der Waals surface area (Å²) in [6, 6.07) is 10.2. The molecule has 1 saturated heterocycles. The lowest BCUT2D eigenvalue weighted by Gasteiger charge is -2.64. The van der Waals surface area contributed by atoms with Gasteiger partial charge in [0.05, 0.1) is 17.6 Å². The molecular weight excluding hydrogens is 373 g/mol. The molecule has 5 unspecified atom stereocenters. The van der Waals surface area contributed by atoms with Crippen LogP contribution in [0.2, 0.25) is 0 Å². The first-order chi connectivity index (χ1) is 14.2. The second-order valence-electron chi connectivity index (χ2n) is 11.0. The van der Waals surface area contributed by atoms with E-state index in [1.807, 2.05) is 18.2 Å². The molecule has 1 aromatic rings. The van der Waals surface area contributed by atoms with Gasteiger partial charge in [-0.25, -0.2) is 0 Å². The smallest absolute Gasteiger partial charge is 0.404 e. The van der Waals surface area contributed by atoms with Crippen LogP contribution in [-0.2, 0) is 20.5 Å². The summed E-state index contributed by atoms with van der Waals surface area (Å²) in [5.74, 6) is 1.86. The van der Waals surface area contributed by atoms with Crippen molar-refractivity contribution in [2.75, 3.05) is 0 Å². The van der Waals surface area contributed by atoms with Crippen LogP contribution in [0.4, 0.5) is 0 Å². The summed E-state index contributed by atoms with van der Waals surface area (Å²) in [7, 11) is -0.338. The lowest BCUT2D eigenvalue weighted by Crippen LogP contribution is -2.65. The predicted octanol–water partition coefficient (Wildman–Crippen LogP) is 4.81. The molecule has 3 aliphatic carbocycles. The highest BCUT2D eigenvalue weighted by Gasteiger charge is 2.68. The maximum atomic E-state index is 12.8. The van der Waals surface area contributed by atoms with E-state index in [1.54, 1.807) is 0 Å². The number of aryl methyl sites for hydroxylation is 1. The first-order valence-electron chi connectivity index (χ1n) is 11.9. The van der Waals surface area contributed by atoms with E-state index in [2.05, 4.69) is 52.1 Å². The predicted molar refractivity (Wildman–Crippen MR) is 121 cm³/mol. The summed E-state index contributed by atoms with van der Waals surface area (Å²) in [6.07, 6.45) is 5.67. The maximum Gasteiger partial charge on any atom is 0.481 e. The molecule has 2 bridgehead atoms. The zero-order valence-corrected chi connectivity index (χ0v) is 19.3. The lowest BCUT2D eigenvalue weighted by atomic mass is 9.43. The molecule has 5 rings (SSSR count). The minimum atomic E-state index is -0.338. The Bertz CT molecular complexity index is 752. The fourth-order valence-corrected chi connectivity index (χ4v) is 6.04. The van der Waals surface area contributed by atoms with Crippen LogP contribution in [0.3, 0.4) is 0 Å². The van der Waals surface area contributed by atoms with E-state index in [1.165, 1.54) is 12.0 Å². The van der Waals surface area contributed by atoms with Gasteiger partial charge in [0.15, 0.2) is 0 Å². The van der Waals surface area contributed by atoms with Crippen molar-refractivity contribution in [1.29, 1.82) is 0 Å². The minimum absolute atomic E-state index is 0.0848. The van der Waals surface area contributed by atoms with Crippen molar-refractivity contribution in [2.24, 2.45) is 23.2 Å². The number of carbonyl (C=O) groups excluding carboxylic acids is 1. The second-order valence-corrected chi connectivity index (χ2v) is 11.0. The molecule has 1 aromatic carbocycles. The number of hydrogen-bond acceptors (Lipinski definition) is 3. The van der Waals surface area contributed by atoms with Gasteiger partial charge in [-0.2, -0.15) is 0 Å². The molecule has 0 spiro atoms. The van der Waals surface area contributed by atoms with E-state index in [9.17, 15) is 4.79 Å². The quantitative estimate of drug-likeness (QED) is 0.625.